The summed E-state index contributed by atoms with van der Waals surface area (Å²) in [7, 11) is 0.130. The zero-order valence-corrected chi connectivity index (χ0v) is 29.9. The Morgan fingerprint density at radius 3 is 2.19 bits per heavy atom. The van der Waals surface area contributed by atoms with Gasteiger partial charge in [-0.2, -0.15) is 8.42 Å². The molecule has 3 aromatic carbocycles. The predicted octanol–water partition coefficient (Wildman–Crippen LogP) is 8.72. The minimum absolute atomic E-state index is 0.0683. The second-order valence-electron chi connectivity index (χ2n) is 12.8. The average molecular weight is 687 g/mol. The highest BCUT2D eigenvalue weighted by atomic mass is 32.2. The number of ether oxygens (including phenoxy) is 1. The average Bonchev–Trinajstić information content (AvgIpc) is 3.47. The van der Waals surface area contributed by atoms with Gasteiger partial charge >= 0.3 is 6.09 Å². The van der Waals surface area contributed by atoms with Crippen molar-refractivity contribution in [3.8, 4) is 21.7 Å². The van der Waals surface area contributed by atoms with E-state index in [0.717, 1.165) is 43.3 Å². The fourth-order valence-corrected chi connectivity index (χ4v) is 6.91. The molecule has 0 spiro atoms. The molecule has 0 N–H and O–H groups in total. The number of pyridine rings is 1. The van der Waals surface area contributed by atoms with Crippen LogP contribution in [0.5, 0.6) is 0 Å². The molecular formula is C37H42N4O5S2. The molecule has 0 aliphatic heterocycles. The van der Waals surface area contributed by atoms with Gasteiger partial charge < -0.3 is 9.64 Å². The second kappa shape index (κ2) is 14.8. The van der Waals surface area contributed by atoms with Crippen LogP contribution in [0.1, 0.15) is 45.6 Å². The van der Waals surface area contributed by atoms with E-state index in [1.165, 1.54) is 0 Å². The summed E-state index contributed by atoms with van der Waals surface area (Å²) >= 11 is 1.57. The summed E-state index contributed by atoms with van der Waals surface area (Å²) in [6.45, 7) is 7.90. The van der Waals surface area contributed by atoms with E-state index < -0.39 is 21.8 Å². The Hall–Kier alpha value is -4.32. The molecule has 0 aliphatic carbocycles. The van der Waals surface area contributed by atoms with Crippen LogP contribution in [-0.4, -0.2) is 57.3 Å². The van der Waals surface area contributed by atoms with E-state index in [1.54, 1.807) is 40.5 Å². The number of fused-ring (bicyclic) bond motifs is 1. The van der Waals surface area contributed by atoms with E-state index in [4.69, 9.17) is 13.9 Å². The number of aromatic nitrogens is 2. The Balaban J connectivity index is 1.25. The summed E-state index contributed by atoms with van der Waals surface area (Å²) in [6.07, 6.45) is 3.28. The molecule has 0 fully saturated rings. The smallest absolute Gasteiger partial charge is 0.414 e. The number of carbonyl (C=O) groups excluding carboxylic acids is 1. The molecule has 0 saturated heterocycles. The Bertz CT molecular complexity index is 1950. The van der Waals surface area contributed by atoms with Crippen molar-refractivity contribution in [3.05, 3.63) is 90.6 Å². The quantitative estimate of drug-likeness (QED) is 0.0949. The number of hydrogen-bond acceptors (Lipinski definition) is 9. The molecule has 0 bridgehead atoms. The third kappa shape index (κ3) is 8.97. The first-order chi connectivity index (χ1) is 22.8. The van der Waals surface area contributed by atoms with Gasteiger partial charge in [-0.25, -0.2) is 14.8 Å². The van der Waals surface area contributed by atoms with Gasteiger partial charge in [0.05, 0.1) is 21.7 Å². The lowest BCUT2D eigenvalue weighted by molar-refractivity contribution is 0.0579. The molecule has 2 heterocycles. The molecule has 0 unspecified atom stereocenters. The fraction of sp³-hybridized carbons (Fsp3) is 0.324. The SMILES string of the molecule is Cc1ccc(S(=O)(=O)OCCCCCN(C(=O)OC(C)(C)C)c2ccc3nc(-c4ccc(-c5ccc(N(C)C)nc5)cc4)sc3c2)cc1. The topological polar surface area (TPSA) is 102 Å². The van der Waals surface area contributed by atoms with Crippen LogP contribution in [0.4, 0.5) is 16.3 Å². The number of benzene rings is 3. The van der Waals surface area contributed by atoms with E-state index in [0.29, 0.717) is 31.5 Å². The normalized spacial score (nSPS) is 11.9. The maximum absolute atomic E-state index is 13.3. The van der Waals surface area contributed by atoms with Gasteiger partial charge in [0.25, 0.3) is 10.1 Å². The lowest BCUT2D eigenvalue weighted by atomic mass is 10.1. The minimum atomic E-state index is -3.81. The van der Waals surface area contributed by atoms with E-state index in [2.05, 4.69) is 35.3 Å². The first kappa shape index (κ1) is 35.0. The molecule has 5 rings (SSSR count). The first-order valence-electron chi connectivity index (χ1n) is 15.9. The molecule has 0 atom stereocenters. The van der Waals surface area contributed by atoms with Crippen molar-refractivity contribution < 1.29 is 22.1 Å². The number of rotatable bonds is 12. The number of unbranched alkanes of at least 4 members (excludes halogenated alkanes) is 2. The van der Waals surface area contributed by atoms with Crippen LogP contribution in [0.25, 0.3) is 31.9 Å². The number of thiazole rings is 1. The van der Waals surface area contributed by atoms with Crippen LogP contribution in [-0.2, 0) is 19.0 Å². The van der Waals surface area contributed by atoms with Crippen LogP contribution in [0.3, 0.4) is 0 Å². The van der Waals surface area contributed by atoms with Crippen molar-refractivity contribution in [1.82, 2.24) is 9.97 Å². The third-order valence-corrected chi connectivity index (χ3v) is 9.94. The molecule has 48 heavy (non-hydrogen) atoms. The van der Waals surface area contributed by atoms with E-state index in [9.17, 15) is 13.2 Å². The van der Waals surface area contributed by atoms with Gasteiger partial charge in [-0.15, -0.1) is 11.3 Å². The largest absolute Gasteiger partial charge is 0.443 e. The van der Waals surface area contributed by atoms with E-state index >= 15 is 0 Å². The molecule has 5 aromatic rings. The molecule has 0 aliphatic rings. The Labute approximate surface area is 287 Å². The Morgan fingerprint density at radius 1 is 0.854 bits per heavy atom. The van der Waals surface area contributed by atoms with Crippen LogP contribution < -0.4 is 9.80 Å². The van der Waals surface area contributed by atoms with Crippen molar-refractivity contribution in [2.45, 2.75) is 57.5 Å². The van der Waals surface area contributed by atoms with Crippen molar-refractivity contribution in [1.29, 1.82) is 0 Å². The molecule has 11 heteroatoms. The second-order valence-corrected chi connectivity index (χ2v) is 15.5. The summed E-state index contributed by atoms with van der Waals surface area (Å²) in [5, 5.41) is 0.888. The number of hydrogen-bond donors (Lipinski definition) is 0. The number of aryl methyl sites for hydroxylation is 1. The van der Waals surface area contributed by atoms with Gasteiger partial charge in [0.1, 0.15) is 16.4 Å². The Kier molecular flexibility index (Phi) is 10.8. The molecule has 0 saturated carbocycles. The molecular weight excluding hydrogens is 645 g/mol. The van der Waals surface area contributed by atoms with Crippen molar-refractivity contribution in [3.63, 3.8) is 0 Å². The predicted molar refractivity (Wildman–Crippen MR) is 194 cm³/mol. The van der Waals surface area contributed by atoms with Crippen LogP contribution in [0.2, 0.25) is 0 Å². The summed E-state index contributed by atoms with van der Waals surface area (Å²) in [6, 6.07) is 24.7. The van der Waals surface area contributed by atoms with Gasteiger partial charge in [-0.05, 0) is 95.0 Å². The summed E-state index contributed by atoms with van der Waals surface area (Å²) in [4.78, 5) is 26.5. The number of nitrogens with zero attached hydrogens (tertiary/aromatic N) is 4. The zero-order valence-electron chi connectivity index (χ0n) is 28.3. The monoisotopic (exact) mass is 686 g/mol. The maximum atomic E-state index is 13.3. The van der Waals surface area contributed by atoms with Crippen molar-refractivity contribution in [2.75, 3.05) is 37.0 Å². The van der Waals surface area contributed by atoms with Crippen LogP contribution >= 0.6 is 11.3 Å². The summed E-state index contributed by atoms with van der Waals surface area (Å²) in [5.41, 5.74) is 5.01. The summed E-state index contributed by atoms with van der Waals surface area (Å²) in [5.74, 6) is 0.909. The number of amides is 1. The summed E-state index contributed by atoms with van der Waals surface area (Å²) < 4.78 is 36.9. The van der Waals surface area contributed by atoms with Gasteiger partial charge in [0, 0.05) is 43.7 Å². The Morgan fingerprint density at radius 2 is 1.54 bits per heavy atom. The first-order valence-corrected chi connectivity index (χ1v) is 18.1. The lowest BCUT2D eigenvalue weighted by Gasteiger charge is -2.27. The number of anilines is 2. The van der Waals surface area contributed by atoms with Crippen molar-refractivity contribution in [2.24, 2.45) is 0 Å². The number of carbonyl (C=O) groups is 1. The molecule has 2 aromatic heterocycles. The highest BCUT2D eigenvalue weighted by Gasteiger charge is 2.24. The standard InChI is InChI=1S/C37H42N4O5S2/c1-26-10-18-31(19-11-26)48(43,44)45-23-9-7-8-22-41(36(42)46-37(2,3)4)30-17-20-32-33(24-30)47-35(39-32)28-14-12-27(13-15-28)29-16-21-34(38-25-29)40(5)6/h10-21,24-25H,7-9,22-23H2,1-6H3. The molecule has 252 valence electrons. The highest BCUT2D eigenvalue weighted by Crippen LogP contribution is 2.34. The third-order valence-electron chi connectivity index (χ3n) is 7.54. The van der Waals surface area contributed by atoms with Gasteiger partial charge in [-0.3, -0.25) is 9.08 Å². The molecule has 0 radical (unpaired) electrons. The molecule has 1 amide bonds. The van der Waals surface area contributed by atoms with Crippen LogP contribution in [0, 0.1) is 6.92 Å². The van der Waals surface area contributed by atoms with Crippen molar-refractivity contribution >= 4 is 49.3 Å². The van der Waals surface area contributed by atoms with Crippen LogP contribution in [0.15, 0.2) is 90.0 Å². The van der Waals surface area contributed by atoms with Gasteiger partial charge in [0.15, 0.2) is 0 Å². The highest BCUT2D eigenvalue weighted by molar-refractivity contribution is 7.86. The maximum Gasteiger partial charge on any atom is 0.414 e. The van der Waals surface area contributed by atoms with Gasteiger partial charge in [-0.1, -0.05) is 42.0 Å². The lowest BCUT2D eigenvalue weighted by Crippen LogP contribution is -2.37. The molecule has 9 nitrogen and oxygen atoms in total. The fourth-order valence-electron chi connectivity index (χ4n) is 4.96. The van der Waals surface area contributed by atoms with E-state index in [1.807, 2.05) is 77.2 Å². The zero-order chi connectivity index (χ0) is 34.5. The van der Waals surface area contributed by atoms with E-state index in [-0.39, 0.29) is 11.5 Å². The van der Waals surface area contributed by atoms with Gasteiger partial charge in [0.2, 0.25) is 0 Å². The minimum Gasteiger partial charge on any atom is -0.443 e.